The van der Waals surface area contributed by atoms with Crippen LogP contribution < -0.4 is 10.3 Å². The fraction of sp³-hybridized carbons (Fsp3) is 0.655. The van der Waals surface area contributed by atoms with Gasteiger partial charge in [-0.3, -0.25) is 0 Å². The summed E-state index contributed by atoms with van der Waals surface area (Å²) < 4.78 is 2.27. The summed E-state index contributed by atoms with van der Waals surface area (Å²) >= 11 is 0. The van der Waals surface area contributed by atoms with Crippen molar-refractivity contribution < 1.29 is 25.1 Å². The van der Waals surface area contributed by atoms with Crippen molar-refractivity contribution in [2.24, 2.45) is 23.7 Å². The summed E-state index contributed by atoms with van der Waals surface area (Å²) in [5, 5.41) is 48.4. The predicted molar refractivity (Wildman–Crippen MR) is 135 cm³/mol. The monoisotopic (exact) mass is 485 g/mol. The van der Waals surface area contributed by atoms with E-state index in [1.165, 1.54) is 0 Å². The lowest BCUT2D eigenvalue weighted by atomic mass is 9.69. The summed E-state index contributed by atoms with van der Waals surface area (Å²) in [5.74, 6) is 0.233. The van der Waals surface area contributed by atoms with Crippen LogP contribution in [0.1, 0.15) is 64.4 Å². The molecular weight excluding hydrogens is 442 g/mol. The minimum atomic E-state index is -0.936. The van der Waals surface area contributed by atoms with Crippen LogP contribution >= 0.6 is 0 Å². The van der Waals surface area contributed by atoms with E-state index in [0.717, 1.165) is 42.4 Å². The highest BCUT2D eigenvalue weighted by Gasteiger charge is 2.60. The van der Waals surface area contributed by atoms with Crippen LogP contribution in [0.5, 0.6) is 0 Å². The van der Waals surface area contributed by atoms with E-state index in [1.807, 2.05) is 18.2 Å². The molecule has 0 radical (unpaired) electrons. The van der Waals surface area contributed by atoms with E-state index < -0.39 is 17.8 Å². The molecule has 1 aromatic carbocycles. The fourth-order valence-corrected chi connectivity index (χ4v) is 6.72. The number of aliphatic hydroxyl groups excluding tert-OH is 2. The Bertz CT molecular complexity index is 888. The Morgan fingerprint density at radius 1 is 1.11 bits per heavy atom. The normalized spacial score (nSPS) is 39.9. The first-order valence-electron chi connectivity index (χ1n) is 13.4. The maximum absolute atomic E-state index is 14.2. The van der Waals surface area contributed by atoms with Crippen molar-refractivity contribution >= 4 is 0 Å². The summed E-state index contributed by atoms with van der Waals surface area (Å²) in [6.07, 6.45) is 6.52. The molecule has 6 heteroatoms. The van der Waals surface area contributed by atoms with Gasteiger partial charge >= 0.3 is 0 Å². The highest BCUT2D eigenvalue weighted by atomic mass is 17.2. The molecule has 8 atom stereocenters. The summed E-state index contributed by atoms with van der Waals surface area (Å²) in [5.41, 5.74) is 1.78. The maximum atomic E-state index is 14.2. The lowest BCUT2D eigenvalue weighted by molar-refractivity contribution is -0.856. The molecule has 3 N–H and O–H groups in total. The molecule has 0 amide bonds. The third kappa shape index (κ3) is 5.74. The molecule has 2 heterocycles. The van der Waals surface area contributed by atoms with E-state index in [-0.39, 0.29) is 36.0 Å². The fourth-order valence-electron chi connectivity index (χ4n) is 6.72. The molecule has 1 aromatic rings. The van der Waals surface area contributed by atoms with Gasteiger partial charge in [0, 0.05) is 18.3 Å². The van der Waals surface area contributed by atoms with Crippen LogP contribution in [0.15, 0.2) is 54.3 Å². The molecule has 1 saturated heterocycles. The molecule has 2 fully saturated rings. The number of benzene rings is 1. The molecule has 0 aromatic heterocycles. The standard InChI is InChI=1S/C29H43NO5/c1-20-8-7-11-28(32)22(3)21(2)24(14-23-9-5-4-6-10-23)18-35(34)29-19-30(33)17-26(29)16-27(31)15-25(29)13-12-20/h4-6,9-10,17,20-21,24-25,27-28,30-32H,3,7-8,11-16,18-19H2,1-2H3/t20-,21-,24-,25?,27-,28+,29+/m1/s1. The molecule has 1 spiro atoms. The van der Waals surface area contributed by atoms with Crippen LogP contribution in [0, 0.1) is 28.9 Å². The lowest BCUT2D eigenvalue weighted by Crippen LogP contribution is -3.03. The van der Waals surface area contributed by atoms with Crippen molar-refractivity contribution in [2.75, 3.05) is 13.2 Å². The van der Waals surface area contributed by atoms with Crippen molar-refractivity contribution in [1.82, 2.24) is 0 Å². The summed E-state index contributed by atoms with van der Waals surface area (Å²) in [6.45, 7) is 8.93. The van der Waals surface area contributed by atoms with Crippen LogP contribution in [0.3, 0.4) is 0 Å². The van der Waals surface area contributed by atoms with Gasteiger partial charge in [-0.2, -0.15) is 0 Å². The highest BCUT2D eigenvalue weighted by molar-refractivity contribution is 5.26. The molecule has 194 valence electrons. The van der Waals surface area contributed by atoms with Crippen molar-refractivity contribution in [1.29, 1.82) is 0 Å². The predicted octanol–water partition coefficient (Wildman–Crippen LogP) is 2.62. The number of hydrogen-bond donors (Lipinski definition) is 3. The first-order valence-corrected chi connectivity index (χ1v) is 13.4. The lowest BCUT2D eigenvalue weighted by Gasteiger charge is -2.49. The van der Waals surface area contributed by atoms with Gasteiger partial charge in [0.05, 0.1) is 17.8 Å². The molecule has 2 aliphatic heterocycles. The number of hydroxylamine groups is 2. The van der Waals surface area contributed by atoms with Crippen LogP contribution in [0.4, 0.5) is 0 Å². The van der Waals surface area contributed by atoms with E-state index in [2.05, 4.69) is 37.1 Å². The zero-order valence-corrected chi connectivity index (χ0v) is 21.3. The Balaban J connectivity index is 1.70. The van der Waals surface area contributed by atoms with Crippen LogP contribution in [-0.2, 0) is 10.9 Å². The van der Waals surface area contributed by atoms with E-state index in [9.17, 15) is 20.7 Å². The molecule has 2 unspecified atom stereocenters. The molecule has 3 aliphatic rings. The zero-order valence-electron chi connectivity index (χ0n) is 21.3. The summed E-state index contributed by atoms with van der Waals surface area (Å²) in [6, 6.07) is 10.1. The van der Waals surface area contributed by atoms with Crippen LogP contribution in [-0.4, -0.2) is 41.2 Å². The second kappa shape index (κ2) is 11.2. The minimum Gasteiger partial charge on any atom is -0.629 e. The largest absolute Gasteiger partial charge is 0.629 e. The Hall–Kier alpha value is -1.54. The van der Waals surface area contributed by atoms with Gasteiger partial charge in [0.1, 0.15) is 6.20 Å². The van der Waals surface area contributed by atoms with E-state index >= 15 is 0 Å². The minimum absolute atomic E-state index is 0.0193. The van der Waals surface area contributed by atoms with Crippen molar-refractivity contribution in [3.8, 4) is 0 Å². The number of hydrogen-bond acceptors (Lipinski definition) is 4. The second-order valence-corrected chi connectivity index (χ2v) is 11.4. The van der Waals surface area contributed by atoms with E-state index in [0.29, 0.717) is 31.6 Å². The van der Waals surface area contributed by atoms with E-state index in [1.54, 1.807) is 6.20 Å². The average Bonchev–Trinajstić information content (AvgIpc) is 3.17. The van der Waals surface area contributed by atoms with Gasteiger partial charge in [0.25, 0.3) is 5.60 Å². The second-order valence-electron chi connectivity index (χ2n) is 11.4. The van der Waals surface area contributed by atoms with Crippen LogP contribution in [0.2, 0.25) is 0 Å². The van der Waals surface area contributed by atoms with Crippen LogP contribution in [0.25, 0.3) is 0 Å². The molecule has 1 saturated carbocycles. The topological polar surface area (TPSA) is 93.7 Å². The molecule has 35 heavy (non-hydrogen) atoms. The Kier molecular flexibility index (Phi) is 8.52. The third-order valence-electron chi connectivity index (χ3n) is 9.00. The first-order chi connectivity index (χ1) is 16.7. The quantitative estimate of drug-likeness (QED) is 0.260. The van der Waals surface area contributed by atoms with Gasteiger partial charge in [-0.1, -0.05) is 70.0 Å². The number of nitrogens with one attached hydrogen (secondary N) is 1. The summed E-state index contributed by atoms with van der Waals surface area (Å²) in [7, 11) is 0. The zero-order chi connectivity index (χ0) is 25.2. The number of rotatable bonds is 2. The average molecular weight is 486 g/mol. The van der Waals surface area contributed by atoms with Gasteiger partial charge in [-0.05, 0) is 48.7 Å². The maximum Gasteiger partial charge on any atom is 0.251 e. The molecule has 1 aliphatic carbocycles. The smallest absolute Gasteiger partial charge is 0.251 e. The molecule has 4 rings (SSSR count). The SMILES string of the molecule is C=C1[C@@H](C)[C@H](Cc2ccccc2)C[O+]([O-])[C@]23C[NH+]([O-])C=C2C[C@H](O)CC3CC[C@H](C)CCC[C@@H]1O. The Morgan fingerprint density at radius 3 is 2.60 bits per heavy atom. The van der Waals surface area contributed by atoms with Gasteiger partial charge in [0.2, 0.25) is 0 Å². The summed E-state index contributed by atoms with van der Waals surface area (Å²) in [4.78, 5) is 0. The Labute approximate surface area is 210 Å². The van der Waals surface area contributed by atoms with E-state index in [4.69, 9.17) is 0 Å². The van der Waals surface area contributed by atoms with Crippen molar-refractivity contribution in [3.63, 3.8) is 0 Å². The first kappa shape index (κ1) is 26.5. The Morgan fingerprint density at radius 2 is 1.86 bits per heavy atom. The van der Waals surface area contributed by atoms with Crippen molar-refractivity contribution in [3.05, 3.63) is 65.0 Å². The third-order valence-corrected chi connectivity index (χ3v) is 9.00. The highest BCUT2D eigenvalue weighted by Crippen LogP contribution is 2.47. The van der Waals surface area contributed by atoms with Crippen molar-refractivity contribution in [2.45, 2.75) is 83.0 Å². The van der Waals surface area contributed by atoms with Gasteiger partial charge in [-0.25, -0.2) is 0 Å². The number of aliphatic hydroxyl groups is 2. The van der Waals surface area contributed by atoms with Gasteiger partial charge in [-0.15, -0.1) is 0 Å². The molecule has 0 bridgehead atoms. The van der Waals surface area contributed by atoms with Gasteiger partial charge < -0.3 is 30.3 Å². The molecular formula is C29H43NO5. The number of quaternary nitrogens is 1. The van der Waals surface area contributed by atoms with Gasteiger partial charge in [0.15, 0.2) is 13.2 Å². The molecule has 6 nitrogen and oxygen atoms in total.